The standard InChI is InChI=1S/C11H14N2O5S/c1-18-10-3-2-8(13(16)17)4-7(10)5-19-6-9(12)11(14)15/h2-4,9H,5-6,12H2,1H3,(H,14,15). The molecule has 0 saturated heterocycles. The third-order valence-electron chi connectivity index (χ3n) is 2.35. The van der Waals surface area contributed by atoms with Crippen LogP contribution >= 0.6 is 11.8 Å². The molecule has 1 aromatic carbocycles. The molecule has 0 fully saturated rings. The molecular weight excluding hydrogens is 272 g/mol. The molecule has 1 atom stereocenters. The number of methoxy groups -OCH3 is 1. The van der Waals surface area contributed by atoms with Crippen LogP contribution in [0.15, 0.2) is 18.2 Å². The highest BCUT2D eigenvalue weighted by atomic mass is 32.2. The number of hydrogen-bond donors (Lipinski definition) is 2. The SMILES string of the molecule is COc1ccc([N+](=O)[O-])cc1CSCC(N)C(=O)O. The number of nitro groups is 1. The predicted molar refractivity (Wildman–Crippen MR) is 71.4 cm³/mol. The number of carboxylic acids is 1. The molecule has 1 unspecified atom stereocenters. The summed E-state index contributed by atoms with van der Waals surface area (Å²) in [5, 5.41) is 19.3. The molecule has 0 heterocycles. The highest BCUT2D eigenvalue weighted by molar-refractivity contribution is 7.98. The second-order valence-corrected chi connectivity index (χ2v) is 4.74. The molecule has 8 heteroatoms. The summed E-state index contributed by atoms with van der Waals surface area (Å²) in [6, 6.07) is 3.34. The van der Waals surface area contributed by atoms with Crippen LogP contribution in [0.25, 0.3) is 0 Å². The summed E-state index contributed by atoms with van der Waals surface area (Å²) in [5.41, 5.74) is 5.98. The number of aliphatic carboxylic acids is 1. The Kier molecular flexibility index (Phi) is 5.58. The highest BCUT2D eigenvalue weighted by Gasteiger charge is 2.14. The van der Waals surface area contributed by atoms with Gasteiger partial charge in [0.15, 0.2) is 0 Å². The van der Waals surface area contributed by atoms with E-state index in [1.807, 2.05) is 0 Å². The summed E-state index contributed by atoms with van der Waals surface area (Å²) in [4.78, 5) is 20.8. The van der Waals surface area contributed by atoms with E-state index in [2.05, 4.69) is 0 Å². The van der Waals surface area contributed by atoms with Crippen molar-refractivity contribution in [2.24, 2.45) is 5.73 Å². The summed E-state index contributed by atoms with van der Waals surface area (Å²) in [6.45, 7) is 0. The highest BCUT2D eigenvalue weighted by Crippen LogP contribution is 2.27. The van der Waals surface area contributed by atoms with Crippen molar-refractivity contribution in [2.75, 3.05) is 12.9 Å². The first-order chi connectivity index (χ1) is 8.95. The number of carboxylic acid groups (broad SMARTS) is 1. The van der Waals surface area contributed by atoms with Crippen molar-refractivity contribution < 1.29 is 19.6 Å². The second-order valence-electron chi connectivity index (χ2n) is 3.71. The maximum Gasteiger partial charge on any atom is 0.321 e. The number of nitrogens with two attached hydrogens (primary N) is 1. The van der Waals surface area contributed by atoms with Crippen LogP contribution in [0.5, 0.6) is 5.75 Å². The van der Waals surface area contributed by atoms with Crippen molar-refractivity contribution in [3.63, 3.8) is 0 Å². The number of nitrogens with zero attached hydrogens (tertiary/aromatic N) is 1. The van der Waals surface area contributed by atoms with E-state index in [1.54, 1.807) is 0 Å². The van der Waals surface area contributed by atoms with Gasteiger partial charge in [0, 0.05) is 29.2 Å². The van der Waals surface area contributed by atoms with Crippen LogP contribution in [0.2, 0.25) is 0 Å². The van der Waals surface area contributed by atoms with Gasteiger partial charge < -0.3 is 15.6 Å². The van der Waals surface area contributed by atoms with Crippen LogP contribution in [0.4, 0.5) is 5.69 Å². The Morgan fingerprint density at radius 1 is 1.63 bits per heavy atom. The van der Waals surface area contributed by atoms with Gasteiger partial charge in [0.1, 0.15) is 11.8 Å². The molecule has 1 aromatic rings. The average Bonchev–Trinajstić information content (AvgIpc) is 2.38. The molecule has 0 aliphatic heterocycles. The third-order valence-corrected chi connectivity index (χ3v) is 3.46. The predicted octanol–water partition coefficient (Wildman–Crippen LogP) is 1.25. The van der Waals surface area contributed by atoms with Crippen LogP contribution in [-0.2, 0) is 10.5 Å². The molecular formula is C11H14N2O5S. The zero-order valence-electron chi connectivity index (χ0n) is 10.2. The van der Waals surface area contributed by atoms with Crippen LogP contribution in [0.1, 0.15) is 5.56 Å². The van der Waals surface area contributed by atoms with Gasteiger partial charge in [0.2, 0.25) is 0 Å². The van der Waals surface area contributed by atoms with Crippen molar-refractivity contribution in [1.29, 1.82) is 0 Å². The smallest absolute Gasteiger partial charge is 0.321 e. The number of hydrogen-bond acceptors (Lipinski definition) is 6. The van der Waals surface area contributed by atoms with Gasteiger partial charge in [-0.25, -0.2) is 0 Å². The van der Waals surface area contributed by atoms with E-state index in [4.69, 9.17) is 15.6 Å². The van der Waals surface area contributed by atoms with Gasteiger partial charge in [-0.15, -0.1) is 0 Å². The summed E-state index contributed by atoms with van der Waals surface area (Å²) in [7, 11) is 1.47. The minimum atomic E-state index is -1.07. The summed E-state index contributed by atoms with van der Waals surface area (Å²) in [6.07, 6.45) is 0. The van der Waals surface area contributed by atoms with Crippen molar-refractivity contribution in [3.8, 4) is 5.75 Å². The lowest BCUT2D eigenvalue weighted by Gasteiger charge is -2.09. The number of ether oxygens (including phenoxy) is 1. The van der Waals surface area contributed by atoms with Crippen LogP contribution < -0.4 is 10.5 Å². The Morgan fingerprint density at radius 3 is 2.84 bits per heavy atom. The van der Waals surface area contributed by atoms with E-state index < -0.39 is 16.9 Å². The maximum absolute atomic E-state index is 10.7. The number of rotatable bonds is 7. The first-order valence-electron chi connectivity index (χ1n) is 5.33. The molecule has 3 N–H and O–H groups in total. The normalized spacial score (nSPS) is 11.9. The van der Waals surface area contributed by atoms with E-state index >= 15 is 0 Å². The molecule has 104 valence electrons. The van der Waals surface area contributed by atoms with Crippen molar-refractivity contribution in [2.45, 2.75) is 11.8 Å². The monoisotopic (exact) mass is 286 g/mol. The lowest BCUT2D eigenvalue weighted by molar-refractivity contribution is -0.384. The first kappa shape index (κ1) is 15.3. The van der Waals surface area contributed by atoms with Gasteiger partial charge in [-0.2, -0.15) is 11.8 Å². The molecule has 0 amide bonds. The first-order valence-corrected chi connectivity index (χ1v) is 6.48. The van der Waals surface area contributed by atoms with Gasteiger partial charge in [-0.3, -0.25) is 14.9 Å². The van der Waals surface area contributed by atoms with Crippen LogP contribution in [0.3, 0.4) is 0 Å². The molecule has 0 radical (unpaired) electrons. The topological polar surface area (TPSA) is 116 Å². The zero-order chi connectivity index (χ0) is 14.4. The fourth-order valence-electron chi connectivity index (χ4n) is 1.36. The fourth-order valence-corrected chi connectivity index (χ4v) is 2.32. The van der Waals surface area contributed by atoms with Crippen molar-refractivity contribution in [3.05, 3.63) is 33.9 Å². The molecule has 0 bridgehead atoms. The molecule has 0 aliphatic carbocycles. The lowest BCUT2D eigenvalue weighted by Crippen LogP contribution is -2.32. The Labute approximate surface area is 113 Å². The molecule has 0 aliphatic rings. The van der Waals surface area contributed by atoms with Crippen LogP contribution in [0, 0.1) is 10.1 Å². The minimum Gasteiger partial charge on any atom is -0.496 e. The Balaban J connectivity index is 2.72. The van der Waals surface area contributed by atoms with Gasteiger partial charge in [0.25, 0.3) is 5.69 Å². The Bertz CT molecular complexity index is 480. The van der Waals surface area contributed by atoms with E-state index in [0.717, 1.165) is 0 Å². The third kappa shape index (κ3) is 4.42. The van der Waals surface area contributed by atoms with Crippen LogP contribution in [-0.4, -0.2) is 34.9 Å². The summed E-state index contributed by atoms with van der Waals surface area (Å²) < 4.78 is 5.10. The minimum absolute atomic E-state index is 0.0288. The second kappa shape index (κ2) is 6.95. The molecule has 0 aromatic heterocycles. The van der Waals surface area contributed by atoms with E-state index in [0.29, 0.717) is 17.1 Å². The van der Waals surface area contributed by atoms with Gasteiger partial charge in [-0.05, 0) is 6.07 Å². The van der Waals surface area contributed by atoms with Crippen molar-refractivity contribution in [1.82, 2.24) is 0 Å². The lowest BCUT2D eigenvalue weighted by atomic mass is 10.2. The number of non-ortho nitro benzene ring substituents is 1. The number of thioether (sulfide) groups is 1. The Hall–Kier alpha value is -1.80. The van der Waals surface area contributed by atoms with Gasteiger partial charge in [-0.1, -0.05) is 0 Å². The quantitative estimate of drug-likeness (QED) is 0.572. The van der Waals surface area contributed by atoms with Gasteiger partial charge in [0.05, 0.1) is 12.0 Å². The van der Waals surface area contributed by atoms with E-state index in [9.17, 15) is 14.9 Å². The summed E-state index contributed by atoms with van der Waals surface area (Å²) in [5.74, 6) is 0.0769. The van der Waals surface area contributed by atoms with E-state index in [-0.39, 0.29) is 11.4 Å². The molecule has 7 nitrogen and oxygen atoms in total. The molecule has 19 heavy (non-hydrogen) atoms. The van der Waals surface area contributed by atoms with Crippen molar-refractivity contribution >= 4 is 23.4 Å². The zero-order valence-corrected chi connectivity index (χ0v) is 11.1. The fraction of sp³-hybridized carbons (Fsp3) is 0.364. The maximum atomic E-state index is 10.7. The Morgan fingerprint density at radius 2 is 2.32 bits per heavy atom. The largest absolute Gasteiger partial charge is 0.496 e. The number of benzene rings is 1. The average molecular weight is 286 g/mol. The van der Waals surface area contributed by atoms with E-state index in [1.165, 1.54) is 37.1 Å². The number of nitro benzene ring substituents is 1. The molecule has 0 spiro atoms. The molecule has 1 rings (SSSR count). The molecule has 0 saturated carbocycles. The summed E-state index contributed by atoms with van der Waals surface area (Å²) >= 11 is 1.28. The number of carbonyl (C=O) groups is 1. The van der Waals surface area contributed by atoms with Gasteiger partial charge >= 0.3 is 5.97 Å².